The van der Waals surface area contributed by atoms with Gasteiger partial charge in [-0.15, -0.1) is 0 Å². The second-order valence-corrected chi connectivity index (χ2v) is 4.37. The van der Waals surface area contributed by atoms with Gasteiger partial charge in [0.25, 0.3) is 0 Å². The van der Waals surface area contributed by atoms with E-state index in [-0.39, 0.29) is 0 Å². The van der Waals surface area contributed by atoms with E-state index < -0.39 is 5.97 Å². The van der Waals surface area contributed by atoms with Crippen LogP contribution in [0.15, 0.2) is 48.5 Å². The number of hydrogen-bond acceptors (Lipinski definition) is 2. The zero-order valence-corrected chi connectivity index (χ0v) is 10.9. The Bertz CT molecular complexity index is 564. The molecule has 3 heteroatoms. The maximum absolute atomic E-state index is 11.3. The fraction of sp³-hybridized carbons (Fsp3) is 0.188. The van der Waals surface area contributed by atoms with Gasteiger partial charge in [-0.25, -0.2) is 4.79 Å². The van der Waals surface area contributed by atoms with E-state index >= 15 is 0 Å². The summed E-state index contributed by atoms with van der Waals surface area (Å²) in [4.78, 5) is 11.3. The van der Waals surface area contributed by atoms with Crippen molar-refractivity contribution in [2.75, 3.05) is 12.4 Å². The fourth-order valence-corrected chi connectivity index (χ4v) is 2.20. The SMILES string of the molecule is CNc1cccc(C(=O)O)c1CCc1ccccc1. The van der Waals surface area contributed by atoms with Crippen molar-refractivity contribution in [1.82, 2.24) is 0 Å². The largest absolute Gasteiger partial charge is 0.478 e. The summed E-state index contributed by atoms with van der Waals surface area (Å²) in [5.41, 5.74) is 3.34. The number of nitrogens with one attached hydrogen (secondary N) is 1. The van der Waals surface area contributed by atoms with Crippen LogP contribution in [0.2, 0.25) is 0 Å². The minimum Gasteiger partial charge on any atom is -0.478 e. The maximum Gasteiger partial charge on any atom is 0.336 e. The van der Waals surface area contributed by atoms with Gasteiger partial charge in [0, 0.05) is 12.7 Å². The Kier molecular flexibility index (Phi) is 4.18. The molecule has 2 N–H and O–H groups in total. The molecule has 0 saturated carbocycles. The van der Waals surface area contributed by atoms with Crippen molar-refractivity contribution in [2.45, 2.75) is 12.8 Å². The van der Waals surface area contributed by atoms with E-state index in [1.54, 1.807) is 12.1 Å². The Morgan fingerprint density at radius 3 is 2.42 bits per heavy atom. The second-order valence-electron chi connectivity index (χ2n) is 4.37. The van der Waals surface area contributed by atoms with E-state index in [4.69, 9.17) is 0 Å². The van der Waals surface area contributed by atoms with Crippen LogP contribution in [0.5, 0.6) is 0 Å². The van der Waals surface area contributed by atoms with Crippen molar-refractivity contribution in [1.29, 1.82) is 0 Å². The predicted molar refractivity (Wildman–Crippen MR) is 76.8 cm³/mol. The Morgan fingerprint density at radius 2 is 1.79 bits per heavy atom. The third-order valence-corrected chi connectivity index (χ3v) is 3.18. The number of carboxylic acids is 1. The summed E-state index contributed by atoms with van der Waals surface area (Å²) >= 11 is 0. The molecule has 0 bridgehead atoms. The predicted octanol–water partition coefficient (Wildman–Crippen LogP) is 3.21. The summed E-state index contributed by atoms with van der Waals surface area (Å²) in [6, 6.07) is 15.4. The van der Waals surface area contributed by atoms with Crippen molar-refractivity contribution in [3.05, 3.63) is 65.2 Å². The lowest BCUT2D eigenvalue weighted by Crippen LogP contribution is -2.07. The van der Waals surface area contributed by atoms with Gasteiger partial charge in [0.2, 0.25) is 0 Å². The van der Waals surface area contributed by atoms with Crippen molar-refractivity contribution in [3.63, 3.8) is 0 Å². The lowest BCUT2D eigenvalue weighted by atomic mass is 9.98. The summed E-state index contributed by atoms with van der Waals surface area (Å²) in [5, 5.41) is 12.3. The van der Waals surface area contributed by atoms with Crippen LogP contribution in [0.1, 0.15) is 21.5 Å². The van der Waals surface area contributed by atoms with Gasteiger partial charge in [-0.2, -0.15) is 0 Å². The Hall–Kier alpha value is -2.29. The molecule has 0 radical (unpaired) electrons. The third-order valence-electron chi connectivity index (χ3n) is 3.18. The molecule has 0 spiro atoms. The minimum absolute atomic E-state index is 0.378. The summed E-state index contributed by atoms with van der Waals surface area (Å²) in [7, 11) is 1.81. The van der Waals surface area contributed by atoms with Gasteiger partial charge in [0.1, 0.15) is 0 Å². The molecule has 98 valence electrons. The average molecular weight is 255 g/mol. The molecule has 0 saturated heterocycles. The Labute approximate surface area is 112 Å². The Morgan fingerprint density at radius 1 is 1.05 bits per heavy atom. The van der Waals surface area contributed by atoms with Crippen molar-refractivity contribution in [3.8, 4) is 0 Å². The highest BCUT2D eigenvalue weighted by Gasteiger charge is 2.13. The number of benzene rings is 2. The van der Waals surface area contributed by atoms with Gasteiger partial charge >= 0.3 is 5.97 Å². The van der Waals surface area contributed by atoms with Crippen LogP contribution in [0.25, 0.3) is 0 Å². The molecule has 0 atom stereocenters. The van der Waals surface area contributed by atoms with E-state index in [2.05, 4.69) is 17.4 Å². The highest BCUT2D eigenvalue weighted by atomic mass is 16.4. The molecule has 0 aliphatic heterocycles. The second kappa shape index (κ2) is 6.05. The van der Waals surface area contributed by atoms with Gasteiger partial charge in [-0.3, -0.25) is 0 Å². The number of aromatic carboxylic acids is 1. The number of rotatable bonds is 5. The minimum atomic E-state index is -0.875. The first kappa shape index (κ1) is 13.1. The van der Waals surface area contributed by atoms with Crippen LogP contribution in [-0.2, 0) is 12.8 Å². The molecular formula is C16H17NO2. The quantitative estimate of drug-likeness (QED) is 0.862. The van der Waals surface area contributed by atoms with Crippen molar-refractivity contribution in [2.24, 2.45) is 0 Å². The number of carboxylic acid groups (broad SMARTS) is 1. The topological polar surface area (TPSA) is 49.3 Å². The van der Waals surface area contributed by atoms with E-state index in [0.717, 1.165) is 17.7 Å². The fourth-order valence-electron chi connectivity index (χ4n) is 2.20. The number of hydrogen-bond donors (Lipinski definition) is 2. The highest BCUT2D eigenvalue weighted by Crippen LogP contribution is 2.22. The van der Waals surface area contributed by atoms with E-state index in [1.165, 1.54) is 5.56 Å². The first-order valence-corrected chi connectivity index (χ1v) is 6.29. The molecule has 0 aromatic heterocycles. The van der Waals surface area contributed by atoms with Gasteiger partial charge in [0.15, 0.2) is 0 Å². The van der Waals surface area contributed by atoms with E-state index in [1.807, 2.05) is 31.3 Å². The number of aryl methyl sites for hydroxylation is 1. The lowest BCUT2D eigenvalue weighted by Gasteiger charge is -2.12. The summed E-state index contributed by atoms with van der Waals surface area (Å²) in [6.07, 6.45) is 1.54. The summed E-state index contributed by atoms with van der Waals surface area (Å²) in [5.74, 6) is -0.875. The standard InChI is InChI=1S/C16H17NO2/c1-17-15-9-5-8-14(16(18)19)13(15)11-10-12-6-3-2-4-7-12/h2-9,17H,10-11H2,1H3,(H,18,19). The van der Waals surface area contributed by atoms with E-state index in [9.17, 15) is 9.90 Å². The molecule has 3 nitrogen and oxygen atoms in total. The molecule has 0 unspecified atom stereocenters. The molecule has 2 aromatic carbocycles. The molecule has 0 aliphatic carbocycles. The van der Waals surface area contributed by atoms with Gasteiger partial charge in [-0.1, -0.05) is 36.4 Å². The third kappa shape index (κ3) is 3.13. The first-order valence-electron chi connectivity index (χ1n) is 6.29. The van der Waals surface area contributed by atoms with Gasteiger partial charge < -0.3 is 10.4 Å². The molecule has 2 rings (SSSR count). The normalized spacial score (nSPS) is 10.2. The Balaban J connectivity index is 2.25. The highest BCUT2D eigenvalue weighted by molar-refractivity contribution is 5.91. The van der Waals surface area contributed by atoms with E-state index in [0.29, 0.717) is 12.0 Å². The van der Waals surface area contributed by atoms with Crippen LogP contribution >= 0.6 is 0 Å². The van der Waals surface area contributed by atoms with Crippen molar-refractivity contribution < 1.29 is 9.90 Å². The van der Waals surface area contributed by atoms with Crippen LogP contribution < -0.4 is 5.32 Å². The smallest absolute Gasteiger partial charge is 0.336 e. The molecule has 2 aromatic rings. The van der Waals surface area contributed by atoms with Gasteiger partial charge in [0.05, 0.1) is 5.56 Å². The monoisotopic (exact) mass is 255 g/mol. The van der Waals surface area contributed by atoms with Gasteiger partial charge in [-0.05, 0) is 36.1 Å². The lowest BCUT2D eigenvalue weighted by molar-refractivity contribution is 0.0695. The maximum atomic E-state index is 11.3. The van der Waals surface area contributed by atoms with Crippen LogP contribution in [0, 0.1) is 0 Å². The first-order chi connectivity index (χ1) is 9.22. The zero-order chi connectivity index (χ0) is 13.7. The summed E-state index contributed by atoms with van der Waals surface area (Å²) < 4.78 is 0. The average Bonchev–Trinajstić information content (AvgIpc) is 2.45. The molecule has 19 heavy (non-hydrogen) atoms. The number of carbonyl (C=O) groups is 1. The zero-order valence-electron chi connectivity index (χ0n) is 10.9. The molecule has 0 heterocycles. The van der Waals surface area contributed by atoms with Crippen LogP contribution in [0.3, 0.4) is 0 Å². The molecular weight excluding hydrogens is 238 g/mol. The van der Waals surface area contributed by atoms with Crippen molar-refractivity contribution >= 4 is 11.7 Å². The summed E-state index contributed by atoms with van der Waals surface area (Å²) in [6.45, 7) is 0. The molecule has 0 fully saturated rings. The molecule has 0 aliphatic rings. The van der Waals surface area contributed by atoms with Crippen LogP contribution in [-0.4, -0.2) is 18.1 Å². The molecule has 0 amide bonds. The number of anilines is 1. The van der Waals surface area contributed by atoms with Crippen LogP contribution in [0.4, 0.5) is 5.69 Å².